The van der Waals surface area contributed by atoms with Crippen molar-refractivity contribution in [3.63, 3.8) is 0 Å². The number of nitrogens with zero attached hydrogens (tertiary/aromatic N) is 2. The Bertz CT molecular complexity index is 639. The van der Waals surface area contributed by atoms with Crippen molar-refractivity contribution in [3.05, 3.63) is 41.7 Å². The summed E-state index contributed by atoms with van der Waals surface area (Å²) in [4.78, 5) is 14.3. The zero-order valence-electron chi connectivity index (χ0n) is 10.4. The van der Waals surface area contributed by atoms with Gasteiger partial charge < -0.3 is 4.57 Å². The summed E-state index contributed by atoms with van der Waals surface area (Å²) in [5.41, 5.74) is 0.186. The molecule has 2 aromatic rings. The van der Waals surface area contributed by atoms with E-state index in [9.17, 15) is 18.0 Å². The van der Waals surface area contributed by atoms with E-state index in [0.717, 1.165) is 19.0 Å². The van der Waals surface area contributed by atoms with Gasteiger partial charge in [0.1, 0.15) is 12.1 Å². The van der Waals surface area contributed by atoms with E-state index in [4.69, 9.17) is 0 Å². The molecule has 3 nitrogen and oxygen atoms in total. The van der Waals surface area contributed by atoms with Crippen molar-refractivity contribution >= 4 is 6.29 Å². The maximum atomic E-state index is 12.8. The second kappa shape index (κ2) is 4.47. The monoisotopic (exact) mass is 280 g/mol. The van der Waals surface area contributed by atoms with Crippen LogP contribution < -0.4 is 0 Å². The van der Waals surface area contributed by atoms with Crippen molar-refractivity contribution < 1.29 is 18.0 Å². The van der Waals surface area contributed by atoms with Crippen LogP contribution in [-0.2, 0) is 6.18 Å². The van der Waals surface area contributed by atoms with Crippen LogP contribution in [0, 0.1) is 0 Å². The standard InChI is InChI=1S/C14H11F3N2O/c15-14(16,17)12-7-19(11-5-6-11)13(18-12)10-3-1-9(8-20)2-4-10/h1-4,7-8,11H,5-6H2. The fraction of sp³-hybridized carbons (Fsp3) is 0.286. The average molecular weight is 280 g/mol. The molecule has 0 aliphatic heterocycles. The number of benzene rings is 1. The van der Waals surface area contributed by atoms with Crippen molar-refractivity contribution in [1.82, 2.24) is 9.55 Å². The second-order valence-corrected chi connectivity index (χ2v) is 4.83. The van der Waals surface area contributed by atoms with Crippen LogP contribution in [0.4, 0.5) is 13.2 Å². The molecule has 0 bridgehead atoms. The quantitative estimate of drug-likeness (QED) is 0.803. The molecule has 1 aromatic carbocycles. The summed E-state index contributed by atoms with van der Waals surface area (Å²) in [7, 11) is 0. The van der Waals surface area contributed by atoms with Gasteiger partial charge in [-0.05, 0) is 12.8 Å². The predicted octanol–water partition coefficient (Wildman–Crippen LogP) is 3.72. The lowest BCUT2D eigenvalue weighted by Gasteiger charge is -2.05. The van der Waals surface area contributed by atoms with Crippen LogP contribution in [0.3, 0.4) is 0 Å². The van der Waals surface area contributed by atoms with Crippen LogP contribution in [-0.4, -0.2) is 15.8 Å². The molecule has 0 saturated heterocycles. The third-order valence-corrected chi connectivity index (χ3v) is 3.27. The molecule has 0 spiro atoms. The van der Waals surface area contributed by atoms with Gasteiger partial charge in [-0.25, -0.2) is 4.98 Å². The maximum absolute atomic E-state index is 12.8. The Morgan fingerprint density at radius 2 is 1.85 bits per heavy atom. The van der Waals surface area contributed by atoms with Gasteiger partial charge in [0.2, 0.25) is 0 Å². The Kier molecular flexibility index (Phi) is 2.88. The molecule has 1 saturated carbocycles. The van der Waals surface area contributed by atoms with E-state index in [2.05, 4.69) is 4.98 Å². The summed E-state index contributed by atoms with van der Waals surface area (Å²) in [5, 5.41) is 0. The SMILES string of the molecule is O=Cc1ccc(-c2nc(C(F)(F)F)cn2C2CC2)cc1. The fourth-order valence-electron chi connectivity index (χ4n) is 2.09. The van der Waals surface area contributed by atoms with E-state index < -0.39 is 11.9 Å². The summed E-state index contributed by atoms with van der Waals surface area (Å²) in [6.07, 6.45) is -0.948. The Hall–Kier alpha value is -2.11. The Morgan fingerprint density at radius 1 is 1.20 bits per heavy atom. The topological polar surface area (TPSA) is 34.9 Å². The highest BCUT2D eigenvalue weighted by atomic mass is 19.4. The second-order valence-electron chi connectivity index (χ2n) is 4.83. The molecule has 1 aromatic heterocycles. The minimum atomic E-state index is -4.45. The number of carbonyl (C=O) groups is 1. The first-order chi connectivity index (χ1) is 9.49. The summed E-state index contributed by atoms with van der Waals surface area (Å²) in [6, 6.07) is 6.47. The highest BCUT2D eigenvalue weighted by Gasteiger charge is 2.37. The van der Waals surface area contributed by atoms with Crippen LogP contribution in [0.25, 0.3) is 11.4 Å². The summed E-state index contributed by atoms with van der Waals surface area (Å²) in [5.74, 6) is 0.303. The highest BCUT2D eigenvalue weighted by molar-refractivity contribution is 5.76. The molecule has 3 rings (SSSR count). The van der Waals surface area contributed by atoms with Crippen molar-refractivity contribution in [3.8, 4) is 11.4 Å². The first kappa shape index (κ1) is 12.9. The van der Waals surface area contributed by atoms with Gasteiger partial charge in [0.25, 0.3) is 0 Å². The minimum absolute atomic E-state index is 0.0966. The Labute approximate surface area is 113 Å². The number of hydrogen-bond acceptors (Lipinski definition) is 2. The molecule has 20 heavy (non-hydrogen) atoms. The number of aromatic nitrogens is 2. The van der Waals surface area contributed by atoms with E-state index in [1.54, 1.807) is 28.8 Å². The van der Waals surface area contributed by atoms with Crippen LogP contribution in [0.1, 0.15) is 34.9 Å². The Morgan fingerprint density at radius 3 is 2.35 bits per heavy atom. The van der Waals surface area contributed by atoms with E-state index in [1.165, 1.54) is 0 Å². The predicted molar refractivity (Wildman–Crippen MR) is 66.3 cm³/mol. The molecule has 0 amide bonds. The number of aldehydes is 1. The van der Waals surface area contributed by atoms with Gasteiger partial charge in [0.15, 0.2) is 5.69 Å². The summed E-state index contributed by atoms with van der Waals surface area (Å²) >= 11 is 0. The third kappa shape index (κ3) is 2.33. The molecule has 1 aliphatic rings. The lowest BCUT2D eigenvalue weighted by molar-refractivity contribution is -0.140. The largest absolute Gasteiger partial charge is 0.434 e. The number of carbonyl (C=O) groups excluding carboxylic acids is 1. The first-order valence-electron chi connectivity index (χ1n) is 6.21. The van der Waals surface area contributed by atoms with Gasteiger partial charge in [0, 0.05) is 23.4 Å². The molecule has 0 N–H and O–H groups in total. The molecular weight excluding hydrogens is 269 g/mol. The molecular formula is C14H11F3N2O. The maximum Gasteiger partial charge on any atom is 0.434 e. The molecule has 104 valence electrons. The van der Waals surface area contributed by atoms with Gasteiger partial charge in [-0.3, -0.25) is 4.79 Å². The van der Waals surface area contributed by atoms with Gasteiger partial charge in [-0.1, -0.05) is 24.3 Å². The van der Waals surface area contributed by atoms with Gasteiger partial charge in [0.05, 0.1) is 0 Å². The minimum Gasteiger partial charge on any atom is -0.327 e. The van der Waals surface area contributed by atoms with Crippen LogP contribution in [0.5, 0.6) is 0 Å². The van der Waals surface area contributed by atoms with Crippen LogP contribution in [0.2, 0.25) is 0 Å². The first-order valence-corrected chi connectivity index (χ1v) is 6.21. The summed E-state index contributed by atoms with van der Waals surface area (Å²) < 4.78 is 39.9. The zero-order chi connectivity index (χ0) is 14.3. The smallest absolute Gasteiger partial charge is 0.327 e. The molecule has 1 fully saturated rings. The third-order valence-electron chi connectivity index (χ3n) is 3.27. The van der Waals surface area contributed by atoms with E-state index in [0.29, 0.717) is 23.2 Å². The molecule has 6 heteroatoms. The average Bonchev–Trinajstić information content (AvgIpc) is 3.16. The van der Waals surface area contributed by atoms with Crippen molar-refractivity contribution in [1.29, 1.82) is 0 Å². The lowest BCUT2D eigenvalue weighted by Crippen LogP contribution is -2.05. The van der Waals surface area contributed by atoms with Gasteiger partial charge >= 0.3 is 6.18 Å². The van der Waals surface area contributed by atoms with Crippen LogP contribution in [0.15, 0.2) is 30.5 Å². The van der Waals surface area contributed by atoms with Crippen molar-refractivity contribution in [2.75, 3.05) is 0 Å². The molecule has 0 unspecified atom stereocenters. The Balaban J connectivity index is 2.06. The molecule has 0 atom stereocenters. The molecule has 0 radical (unpaired) electrons. The van der Waals surface area contributed by atoms with Crippen molar-refractivity contribution in [2.45, 2.75) is 25.1 Å². The number of halogens is 3. The van der Waals surface area contributed by atoms with E-state index in [1.807, 2.05) is 0 Å². The van der Waals surface area contributed by atoms with Gasteiger partial charge in [-0.15, -0.1) is 0 Å². The van der Waals surface area contributed by atoms with Crippen molar-refractivity contribution in [2.24, 2.45) is 0 Å². The zero-order valence-corrected chi connectivity index (χ0v) is 10.4. The number of hydrogen-bond donors (Lipinski definition) is 0. The fourth-order valence-corrected chi connectivity index (χ4v) is 2.09. The molecule has 1 heterocycles. The number of rotatable bonds is 3. The molecule has 1 aliphatic carbocycles. The van der Waals surface area contributed by atoms with E-state index >= 15 is 0 Å². The normalized spacial score (nSPS) is 15.3. The number of imidazole rings is 1. The highest BCUT2D eigenvalue weighted by Crippen LogP contribution is 2.40. The summed E-state index contributed by atoms with van der Waals surface area (Å²) in [6.45, 7) is 0. The van der Waals surface area contributed by atoms with Gasteiger partial charge in [-0.2, -0.15) is 13.2 Å². The number of alkyl halides is 3. The van der Waals surface area contributed by atoms with E-state index in [-0.39, 0.29) is 6.04 Å². The lowest BCUT2D eigenvalue weighted by atomic mass is 10.1. The van der Waals surface area contributed by atoms with Crippen LogP contribution >= 0.6 is 0 Å².